The van der Waals surface area contributed by atoms with Crippen LogP contribution in [-0.2, 0) is 19.1 Å². The zero-order chi connectivity index (χ0) is 21.6. The lowest BCUT2D eigenvalue weighted by atomic mass is 9.49. The maximum absolute atomic E-state index is 12.6. The van der Waals surface area contributed by atoms with Gasteiger partial charge in [0.05, 0.1) is 6.42 Å². The van der Waals surface area contributed by atoms with E-state index in [4.69, 9.17) is 4.74 Å². The van der Waals surface area contributed by atoms with Gasteiger partial charge in [0, 0.05) is 13.1 Å². The molecular formula is C23H33N3O5. The molecule has 8 nitrogen and oxygen atoms in total. The Labute approximate surface area is 182 Å². The fourth-order valence-corrected chi connectivity index (χ4v) is 7.46. The number of carbonyl (C=O) groups excluding carboxylic acids is 4. The average molecular weight is 432 g/mol. The van der Waals surface area contributed by atoms with Gasteiger partial charge in [-0.05, 0) is 74.5 Å². The Morgan fingerprint density at radius 2 is 1.65 bits per heavy atom. The number of carbonyl (C=O) groups is 4. The van der Waals surface area contributed by atoms with Crippen LogP contribution in [0.5, 0.6) is 0 Å². The molecule has 4 amide bonds. The molecule has 170 valence electrons. The Morgan fingerprint density at radius 1 is 1.03 bits per heavy atom. The van der Waals surface area contributed by atoms with Gasteiger partial charge in [0.2, 0.25) is 0 Å². The molecule has 1 saturated heterocycles. The maximum atomic E-state index is 12.6. The van der Waals surface area contributed by atoms with Crippen LogP contribution in [0.1, 0.15) is 70.6 Å². The number of rotatable bonds is 7. The third kappa shape index (κ3) is 3.94. The van der Waals surface area contributed by atoms with Gasteiger partial charge in [0.1, 0.15) is 5.54 Å². The van der Waals surface area contributed by atoms with Gasteiger partial charge in [-0.25, -0.2) is 4.79 Å². The van der Waals surface area contributed by atoms with Crippen molar-refractivity contribution in [3.8, 4) is 0 Å². The van der Waals surface area contributed by atoms with E-state index >= 15 is 0 Å². The zero-order valence-electron chi connectivity index (χ0n) is 18.1. The molecule has 31 heavy (non-hydrogen) atoms. The van der Waals surface area contributed by atoms with E-state index in [1.165, 1.54) is 38.5 Å². The Kier molecular flexibility index (Phi) is 5.21. The second-order valence-corrected chi connectivity index (χ2v) is 10.8. The molecule has 0 aromatic carbocycles. The summed E-state index contributed by atoms with van der Waals surface area (Å²) in [6.07, 6.45) is 10.8. The third-order valence-corrected chi connectivity index (χ3v) is 8.43. The average Bonchev–Trinajstić information content (AvgIpc) is 3.27. The largest absolute Gasteiger partial charge is 0.456 e. The predicted molar refractivity (Wildman–Crippen MR) is 111 cm³/mol. The first kappa shape index (κ1) is 20.8. The van der Waals surface area contributed by atoms with Crippen molar-refractivity contribution < 1.29 is 23.9 Å². The van der Waals surface area contributed by atoms with Crippen LogP contribution < -0.4 is 10.6 Å². The standard InChI is InChI=1S/C23H33N3O5/c27-18(24-14-22-10-15-7-16(11-22)9-17(8-15)12-22)13-31-19(28)3-6-26-20(29)23(25-21(26)30)4-1-2-5-23/h15-17H,1-14H2,(H,24,27)(H,25,30). The highest BCUT2D eigenvalue weighted by atomic mass is 16.5. The Balaban J connectivity index is 1.03. The fraction of sp³-hybridized carbons (Fsp3) is 0.826. The molecule has 5 aliphatic carbocycles. The number of nitrogens with zero attached hydrogens (tertiary/aromatic N) is 1. The van der Waals surface area contributed by atoms with Gasteiger partial charge in [-0.1, -0.05) is 12.8 Å². The summed E-state index contributed by atoms with van der Waals surface area (Å²) in [5.74, 6) is 1.40. The van der Waals surface area contributed by atoms with Gasteiger partial charge in [-0.3, -0.25) is 19.3 Å². The summed E-state index contributed by atoms with van der Waals surface area (Å²) in [4.78, 5) is 50.2. The number of urea groups is 1. The van der Waals surface area contributed by atoms with Crippen LogP contribution in [0.4, 0.5) is 4.79 Å². The van der Waals surface area contributed by atoms with E-state index in [2.05, 4.69) is 10.6 Å². The lowest BCUT2D eigenvalue weighted by molar-refractivity contribution is -0.149. The molecule has 2 N–H and O–H groups in total. The van der Waals surface area contributed by atoms with Crippen LogP contribution >= 0.6 is 0 Å². The molecule has 6 rings (SSSR count). The summed E-state index contributed by atoms with van der Waals surface area (Å²) in [7, 11) is 0. The van der Waals surface area contributed by atoms with Crippen molar-refractivity contribution in [3.63, 3.8) is 0 Å². The smallest absolute Gasteiger partial charge is 0.325 e. The lowest BCUT2D eigenvalue weighted by Gasteiger charge is -2.56. The topological polar surface area (TPSA) is 105 Å². The zero-order valence-corrected chi connectivity index (χ0v) is 18.1. The third-order valence-electron chi connectivity index (χ3n) is 8.43. The molecule has 6 aliphatic rings. The van der Waals surface area contributed by atoms with E-state index in [1.807, 2.05) is 0 Å². The van der Waals surface area contributed by atoms with Crippen molar-refractivity contribution in [1.29, 1.82) is 0 Å². The Bertz CT molecular complexity index is 753. The highest BCUT2D eigenvalue weighted by Crippen LogP contribution is 2.59. The Hall–Kier alpha value is -2.12. The predicted octanol–water partition coefficient (Wildman–Crippen LogP) is 2.12. The normalized spacial score (nSPS) is 35.0. The number of nitrogens with one attached hydrogen (secondary N) is 2. The molecule has 1 heterocycles. The summed E-state index contributed by atoms with van der Waals surface area (Å²) >= 11 is 0. The number of amides is 4. The molecule has 5 saturated carbocycles. The Morgan fingerprint density at radius 3 is 2.26 bits per heavy atom. The summed E-state index contributed by atoms with van der Waals surface area (Å²) in [6.45, 7) is 0.354. The first-order valence-corrected chi connectivity index (χ1v) is 11.9. The maximum Gasteiger partial charge on any atom is 0.325 e. The summed E-state index contributed by atoms with van der Waals surface area (Å²) < 4.78 is 5.10. The summed E-state index contributed by atoms with van der Waals surface area (Å²) in [5, 5.41) is 5.79. The van der Waals surface area contributed by atoms with Crippen LogP contribution in [0.3, 0.4) is 0 Å². The van der Waals surface area contributed by atoms with E-state index < -0.39 is 17.5 Å². The van der Waals surface area contributed by atoms with Crippen molar-refractivity contribution in [3.05, 3.63) is 0 Å². The van der Waals surface area contributed by atoms with E-state index in [0.717, 1.165) is 35.5 Å². The quantitative estimate of drug-likeness (QED) is 0.475. The van der Waals surface area contributed by atoms with E-state index in [-0.39, 0.29) is 36.8 Å². The van der Waals surface area contributed by atoms with Crippen LogP contribution in [0.15, 0.2) is 0 Å². The highest BCUT2D eigenvalue weighted by molar-refractivity contribution is 6.07. The van der Waals surface area contributed by atoms with Crippen LogP contribution in [0, 0.1) is 23.2 Å². The molecule has 1 spiro atoms. The monoisotopic (exact) mass is 431 g/mol. The molecule has 0 unspecified atom stereocenters. The first-order valence-electron chi connectivity index (χ1n) is 11.9. The van der Waals surface area contributed by atoms with Crippen molar-refractivity contribution in [2.45, 2.75) is 76.2 Å². The van der Waals surface area contributed by atoms with Gasteiger partial charge in [-0.2, -0.15) is 0 Å². The fourth-order valence-electron chi connectivity index (χ4n) is 7.46. The molecule has 0 radical (unpaired) electrons. The molecular weight excluding hydrogens is 398 g/mol. The number of hydrogen-bond donors (Lipinski definition) is 2. The van der Waals surface area contributed by atoms with E-state index in [9.17, 15) is 19.2 Å². The molecule has 0 aromatic heterocycles. The van der Waals surface area contributed by atoms with Gasteiger partial charge < -0.3 is 15.4 Å². The first-order chi connectivity index (χ1) is 14.9. The van der Waals surface area contributed by atoms with Gasteiger partial charge in [0.15, 0.2) is 6.61 Å². The van der Waals surface area contributed by atoms with Crippen molar-refractivity contribution in [2.24, 2.45) is 23.2 Å². The SMILES string of the molecule is O=C(COC(=O)CCN1C(=O)NC2(CCCC2)C1=O)NCC12CC3CC(CC(C3)C1)C2. The number of hydrogen-bond acceptors (Lipinski definition) is 5. The second-order valence-electron chi connectivity index (χ2n) is 10.8. The summed E-state index contributed by atoms with van der Waals surface area (Å²) in [5.41, 5.74) is -0.522. The van der Waals surface area contributed by atoms with Crippen LogP contribution in [-0.4, -0.2) is 54.0 Å². The van der Waals surface area contributed by atoms with Crippen molar-refractivity contribution in [1.82, 2.24) is 15.5 Å². The van der Waals surface area contributed by atoms with E-state index in [0.29, 0.717) is 19.4 Å². The number of esters is 1. The summed E-state index contributed by atoms with van der Waals surface area (Å²) in [6, 6.07) is -0.437. The van der Waals surface area contributed by atoms with Gasteiger partial charge >= 0.3 is 12.0 Å². The molecule has 8 heteroatoms. The molecule has 0 atom stereocenters. The molecule has 6 fully saturated rings. The minimum atomic E-state index is -0.766. The number of imide groups is 1. The highest BCUT2D eigenvalue weighted by Gasteiger charge is 2.52. The second kappa shape index (κ2) is 7.78. The lowest BCUT2D eigenvalue weighted by Crippen LogP contribution is -2.51. The van der Waals surface area contributed by atoms with Crippen LogP contribution in [0.25, 0.3) is 0 Å². The molecule has 4 bridgehead atoms. The molecule has 0 aromatic rings. The van der Waals surface area contributed by atoms with Gasteiger partial charge in [0.25, 0.3) is 11.8 Å². The van der Waals surface area contributed by atoms with Crippen molar-refractivity contribution in [2.75, 3.05) is 19.7 Å². The minimum Gasteiger partial charge on any atom is -0.456 e. The van der Waals surface area contributed by atoms with Crippen LogP contribution in [0.2, 0.25) is 0 Å². The minimum absolute atomic E-state index is 0.0137. The van der Waals surface area contributed by atoms with Crippen molar-refractivity contribution >= 4 is 23.8 Å². The van der Waals surface area contributed by atoms with E-state index in [1.54, 1.807) is 0 Å². The molecule has 1 aliphatic heterocycles. The van der Waals surface area contributed by atoms with Gasteiger partial charge in [-0.15, -0.1) is 0 Å². The number of ether oxygens (including phenoxy) is 1.